The Morgan fingerprint density at radius 2 is 1.89 bits per heavy atom. The first kappa shape index (κ1) is 16.8. The number of benzene rings is 2. The number of nitrogens with one attached hydrogen (secondary N) is 1. The SMILES string of the molecule is CCN(C(=O)c1cnc(Nc2ccc3c(c2)OCO3)cn1)c1ccccc1. The summed E-state index contributed by atoms with van der Waals surface area (Å²) in [6.45, 7) is 2.69. The zero-order chi connectivity index (χ0) is 18.6. The number of amides is 1. The molecule has 0 unspecified atom stereocenters. The van der Waals surface area contributed by atoms with E-state index in [1.165, 1.54) is 12.4 Å². The summed E-state index contributed by atoms with van der Waals surface area (Å²) in [5.41, 5.74) is 1.92. The molecule has 3 aromatic rings. The molecule has 1 amide bonds. The van der Waals surface area contributed by atoms with E-state index in [4.69, 9.17) is 9.47 Å². The molecule has 0 radical (unpaired) electrons. The number of carbonyl (C=O) groups is 1. The second-order valence-corrected chi connectivity index (χ2v) is 5.86. The molecule has 2 heterocycles. The fourth-order valence-electron chi connectivity index (χ4n) is 2.81. The van der Waals surface area contributed by atoms with Gasteiger partial charge < -0.3 is 19.7 Å². The molecule has 1 N–H and O–H groups in total. The average Bonchev–Trinajstić information content (AvgIpc) is 3.18. The van der Waals surface area contributed by atoms with Gasteiger partial charge in [-0.15, -0.1) is 0 Å². The average molecular weight is 362 g/mol. The summed E-state index contributed by atoms with van der Waals surface area (Å²) in [6.07, 6.45) is 3.01. The highest BCUT2D eigenvalue weighted by molar-refractivity contribution is 6.04. The smallest absolute Gasteiger partial charge is 0.278 e. The van der Waals surface area contributed by atoms with Crippen LogP contribution < -0.4 is 19.7 Å². The van der Waals surface area contributed by atoms with E-state index in [-0.39, 0.29) is 18.4 Å². The molecule has 1 aliphatic heterocycles. The molecule has 1 aromatic heterocycles. The van der Waals surface area contributed by atoms with Crippen LogP contribution in [0.25, 0.3) is 0 Å². The van der Waals surface area contributed by atoms with Gasteiger partial charge in [0.2, 0.25) is 6.79 Å². The maximum atomic E-state index is 12.7. The van der Waals surface area contributed by atoms with E-state index in [2.05, 4.69) is 15.3 Å². The van der Waals surface area contributed by atoms with Crippen molar-refractivity contribution >= 4 is 23.1 Å². The monoisotopic (exact) mass is 362 g/mol. The summed E-state index contributed by atoms with van der Waals surface area (Å²) in [5.74, 6) is 1.74. The van der Waals surface area contributed by atoms with Crippen LogP contribution in [-0.2, 0) is 0 Å². The van der Waals surface area contributed by atoms with Gasteiger partial charge in [-0.25, -0.2) is 9.97 Å². The molecule has 0 spiro atoms. The van der Waals surface area contributed by atoms with Crippen LogP contribution in [0.4, 0.5) is 17.2 Å². The number of hydrogen-bond donors (Lipinski definition) is 1. The van der Waals surface area contributed by atoms with Crippen molar-refractivity contribution in [2.45, 2.75) is 6.92 Å². The molecule has 4 rings (SSSR count). The van der Waals surface area contributed by atoms with Gasteiger partial charge in [-0.05, 0) is 31.2 Å². The first-order valence-corrected chi connectivity index (χ1v) is 8.60. The van der Waals surface area contributed by atoms with E-state index in [0.29, 0.717) is 23.9 Å². The lowest BCUT2D eigenvalue weighted by Gasteiger charge is -2.20. The predicted molar refractivity (Wildman–Crippen MR) is 102 cm³/mol. The maximum absolute atomic E-state index is 12.7. The number of aromatic nitrogens is 2. The number of anilines is 3. The van der Waals surface area contributed by atoms with Crippen LogP contribution in [0.2, 0.25) is 0 Å². The Morgan fingerprint density at radius 3 is 2.63 bits per heavy atom. The summed E-state index contributed by atoms with van der Waals surface area (Å²) in [5, 5.41) is 3.14. The summed E-state index contributed by atoms with van der Waals surface area (Å²) in [7, 11) is 0. The molecular weight excluding hydrogens is 344 g/mol. The highest BCUT2D eigenvalue weighted by Crippen LogP contribution is 2.34. The summed E-state index contributed by atoms with van der Waals surface area (Å²) < 4.78 is 10.7. The fraction of sp³-hybridized carbons (Fsp3) is 0.150. The number of fused-ring (bicyclic) bond motifs is 1. The number of hydrogen-bond acceptors (Lipinski definition) is 6. The van der Waals surface area contributed by atoms with E-state index in [1.807, 2.05) is 55.5 Å². The quantitative estimate of drug-likeness (QED) is 0.747. The van der Waals surface area contributed by atoms with Crippen LogP contribution in [0, 0.1) is 0 Å². The molecule has 0 saturated carbocycles. The molecule has 0 fully saturated rings. The van der Waals surface area contributed by atoms with Gasteiger partial charge in [0.1, 0.15) is 11.5 Å². The molecule has 7 nitrogen and oxygen atoms in total. The third-order valence-electron chi connectivity index (χ3n) is 4.15. The van der Waals surface area contributed by atoms with Gasteiger partial charge >= 0.3 is 0 Å². The molecule has 2 aromatic carbocycles. The van der Waals surface area contributed by atoms with Crippen LogP contribution in [0.1, 0.15) is 17.4 Å². The Morgan fingerprint density at radius 1 is 1.07 bits per heavy atom. The van der Waals surface area contributed by atoms with E-state index in [0.717, 1.165) is 11.4 Å². The summed E-state index contributed by atoms with van der Waals surface area (Å²) in [4.78, 5) is 23.0. The Balaban J connectivity index is 1.49. The number of ether oxygens (including phenoxy) is 2. The van der Waals surface area contributed by atoms with E-state index in [1.54, 1.807) is 4.90 Å². The van der Waals surface area contributed by atoms with Crippen LogP contribution in [0.15, 0.2) is 60.9 Å². The summed E-state index contributed by atoms with van der Waals surface area (Å²) >= 11 is 0. The second kappa shape index (κ2) is 7.33. The van der Waals surface area contributed by atoms with Crippen LogP contribution in [0.5, 0.6) is 11.5 Å². The third-order valence-corrected chi connectivity index (χ3v) is 4.15. The van der Waals surface area contributed by atoms with Crippen molar-refractivity contribution in [3.05, 3.63) is 66.6 Å². The van der Waals surface area contributed by atoms with E-state index < -0.39 is 0 Å². The zero-order valence-corrected chi connectivity index (χ0v) is 14.8. The Bertz CT molecular complexity index is 945. The van der Waals surface area contributed by atoms with E-state index in [9.17, 15) is 4.79 Å². The van der Waals surface area contributed by atoms with Gasteiger partial charge in [0, 0.05) is 24.0 Å². The molecule has 1 aliphatic rings. The van der Waals surface area contributed by atoms with E-state index >= 15 is 0 Å². The first-order valence-electron chi connectivity index (χ1n) is 8.60. The largest absolute Gasteiger partial charge is 0.454 e. The van der Waals surface area contributed by atoms with Crippen LogP contribution in [-0.4, -0.2) is 29.2 Å². The maximum Gasteiger partial charge on any atom is 0.278 e. The van der Waals surface area contributed by atoms with Crippen molar-refractivity contribution in [3.63, 3.8) is 0 Å². The predicted octanol–water partition coefficient (Wildman–Crippen LogP) is 3.62. The number of para-hydroxylation sites is 1. The molecule has 136 valence electrons. The van der Waals surface area contributed by atoms with Gasteiger partial charge in [0.25, 0.3) is 5.91 Å². The van der Waals surface area contributed by atoms with Crippen molar-refractivity contribution in [1.82, 2.24) is 9.97 Å². The van der Waals surface area contributed by atoms with Crippen molar-refractivity contribution in [2.75, 3.05) is 23.6 Å². The first-order chi connectivity index (χ1) is 13.2. The van der Waals surface area contributed by atoms with Crippen molar-refractivity contribution in [1.29, 1.82) is 0 Å². The lowest BCUT2D eigenvalue weighted by atomic mass is 10.2. The van der Waals surface area contributed by atoms with Crippen molar-refractivity contribution in [3.8, 4) is 11.5 Å². The van der Waals surface area contributed by atoms with Gasteiger partial charge in [-0.3, -0.25) is 4.79 Å². The topological polar surface area (TPSA) is 76.6 Å². The molecule has 0 bridgehead atoms. The van der Waals surface area contributed by atoms with Gasteiger partial charge in [-0.1, -0.05) is 18.2 Å². The Hall–Kier alpha value is -3.61. The summed E-state index contributed by atoms with van der Waals surface area (Å²) in [6, 6.07) is 15.0. The highest BCUT2D eigenvalue weighted by atomic mass is 16.7. The lowest BCUT2D eigenvalue weighted by Crippen LogP contribution is -2.31. The molecule has 0 aliphatic carbocycles. The van der Waals surface area contributed by atoms with Gasteiger partial charge in [0.15, 0.2) is 11.5 Å². The molecule has 27 heavy (non-hydrogen) atoms. The minimum atomic E-state index is -0.189. The van der Waals surface area contributed by atoms with Gasteiger partial charge in [0.05, 0.1) is 12.4 Å². The number of nitrogens with zero attached hydrogens (tertiary/aromatic N) is 3. The Labute approximate surface area is 156 Å². The van der Waals surface area contributed by atoms with Crippen molar-refractivity contribution < 1.29 is 14.3 Å². The molecule has 7 heteroatoms. The van der Waals surface area contributed by atoms with Crippen LogP contribution in [0.3, 0.4) is 0 Å². The molecule has 0 atom stereocenters. The van der Waals surface area contributed by atoms with Crippen LogP contribution >= 0.6 is 0 Å². The molecular formula is C20H18N4O3. The number of carbonyl (C=O) groups excluding carboxylic acids is 1. The lowest BCUT2D eigenvalue weighted by molar-refractivity contribution is 0.0983. The normalized spacial score (nSPS) is 11.9. The van der Waals surface area contributed by atoms with Crippen molar-refractivity contribution in [2.24, 2.45) is 0 Å². The highest BCUT2D eigenvalue weighted by Gasteiger charge is 2.18. The minimum absolute atomic E-state index is 0.189. The standard InChI is InChI=1S/C20H18N4O3/c1-2-24(15-6-4-3-5-7-15)20(25)16-11-22-19(12-21-16)23-14-8-9-17-18(10-14)27-13-26-17/h3-12H,2,13H2,1H3,(H,22,23). The fourth-order valence-corrected chi connectivity index (χ4v) is 2.81. The minimum Gasteiger partial charge on any atom is -0.454 e. The Kier molecular flexibility index (Phi) is 4.57. The molecule has 0 saturated heterocycles. The third kappa shape index (κ3) is 3.52. The van der Waals surface area contributed by atoms with Gasteiger partial charge in [-0.2, -0.15) is 0 Å². The number of rotatable bonds is 5. The second-order valence-electron chi connectivity index (χ2n) is 5.86. The zero-order valence-electron chi connectivity index (χ0n) is 14.8.